The predicted molar refractivity (Wildman–Crippen MR) is 39.3 cm³/mol. The maximum atomic E-state index is 12.1. The molecule has 0 aromatic rings. The van der Waals surface area contributed by atoms with Crippen LogP contribution in [0.1, 0.15) is 6.42 Å². The van der Waals surface area contributed by atoms with Gasteiger partial charge in [-0.3, -0.25) is 0 Å². The van der Waals surface area contributed by atoms with Gasteiger partial charge in [-0.15, -0.1) is 0 Å². The van der Waals surface area contributed by atoms with Gasteiger partial charge in [-0.2, -0.15) is 20.5 Å². The molecule has 0 saturated carbocycles. The second-order valence-corrected chi connectivity index (χ2v) is 4.46. The van der Waals surface area contributed by atoms with Crippen LogP contribution in [-0.2, 0) is 0 Å². The normalized spacial score (nSPS) is 21.7. The lowest BCUT2D eigenvalue weighted by Crippen LogP contribution is -2.24. The van der Waals surface area contributed by atoms with Crippen molar-refractivity contribution in [3.05, 3.63) is 0 Å². The quantitative estimate of drug-likeness (QED) is 0.641. The summed E-state index contributed by atoms with van der Waals surface area (Å²) in [6, 6.07) is 0. The van der Waals surface area contributed by atoms with Gasteiger partial charge in [-0.05, 0) is 33.4 Å². The van der Waals surface area contributed by atoms with Crippen LogP contribution in [0.25, 0.3) is 0 Å². The molecule has 0 amide bonds. The maximum Gasteiger partial charge on any atom is 0.301 e. The first-order valence-corrected chi connectivity index (χ1v) is 4.67. The molecule has 1 heterocycles. The zero-order chi connectivity index (χ0) is 6.91. The highest BCUT2D eigenvalue weighted by Crippen LogP contribution is 2.37. The van der Waals surface area contributed by atoms with Crippen molar-refractivity contribution in [1.82, 2.24) is 0 Å². The molecule has 0 N–H and O–H groups in total. The average molecular weight is 217 g/mol. The van der Waals surface area contributed by atoms with Crippen LogP contribution in [0.2, 0.25) is 0 Å². The number of hydrogen-bond acceptors (Lipinski definition) is 1. The third-order valence-corrected chi connectivity index (χ3v) is 2.97. The molecule has 0 atom stereocenters. The highest BCUT2D eigenvalue weighted by atomic mass is 79.9. The van der Waals surface area contributed by atoms with Crippen molar-refractivity contribution < 1.29 is 8.78 Å². The van der Waals surface area contributed by atoms with Gasteiger partial charge in [-0.25, -0.2) is 0 Å². The summed E-state index contributed by atoms with van der Waals surface area (Å²) < 4.78 is 24.2. The Hall–Kier alpha value is 0.690. The Balaban J connectivity index is 2.16. The van der Waals surface area contributed by atoms with E-state index >= 15 is 0 Å². The standard InChI is InChI=1S/C5H7BrF2S/c6-5(7,8)1-4-2-9-3-4/h4H,1-3H2. The third kappa shape index (κ3) is 2.85. The van der Waals surface area contributed by atoms with Crippen LogP contribution in [0.15, 0.2) is 0 Å². The number of thioether (sulfide) groups is 1. The smallest absolute Gasteiger partial charge is 0.194 e. The molecule has 0 aliphatic carbocycles. The van der Waals surface area contributed by atoms with Crippen molar-refractivity contribution in [3.63, 3.8) is 0 Å². The highest BCUT2D eigenvalue weighted by Gasteiger charge is 2.32. The molecule has 1 saturated heterocycles. The Kier molecular flexibility index (Phi) is 2.37. The SMILES string of the molecule is FC(F)(Br)CC1CSC1. The van der Waals surface area contributed by atoms with Gasteiger partial charge in [-0.1, -0.05) is 0 Å². The first kappa shape index (κ1) is 7.79. The van der Waals surface area contributed by atoms with E-state index in [0.29, 0.717) is 0 Å². The summed E-state index contributed by atoms with van der Waals surface area (Å²) in [5.41, 5.74) is 0. The molecule has 4 heteroatoms. The Morgan fingerprint density at radius 3 is 2.22 bits per heavy atom. The van der Waals surface area contributed by atoms with Gasteiger partial charge in [0.1, 0.15) is 0 Å². The van der Waals surface area contributed by atoms with Crippen molar-refractivity contribution in [2.75, 3.05) is 11.5 Å². The van der Waals surface area contributed by atoms with Crippen molar-refractivity contribution >= 4 is 27.7 Å². The number of rotatable bonds is 2. The molecular formula is C5H7BrF2S. The van der Waals surface area contributed by atoms with E-state index in [1.165, 1.54) is 0 Å². The lowest BCUT2D eigenvalue weighted by atomic mass is 10.1. The van der Waals surface area contributed by atoms with Gasteiger partial charge in [0, 0.05) is 6.42 Å². The second-order valence-electron chi connectivity index (χ2n) is 2.22. The van der Waals surface area contributed by atoms with Gasteiger partial charge < -0.3 is 0 Å². The molecule has 0 radical (unpaired) electrons. The van der Waals surface area contributed by atoms with E-state index in [1.54, 1.807) is 11.8 Å². The lowest BCUT2D eigenvalue weighted by molar-refractivity contribution is 0.0890. The Bertz CT molecular complexity index is 97.6. The molecule has 0 bridgehead atoms. The first-order chi connectivity index (χ1) is 4.08. The maximum absolute atomic E-state index is 12.1. The molecule has 0 aromatic heterocycles. The van der Waals surface area contributed by atoms with Gasteiger partial charge in [0.2, 0.25) is 0 Å². The molecule has 0 nitrogen and oxygen atoms in total. The van der Waals surface area contributed by atoms with Crippen molar-refractivity contribution in [2.45, 2.75) is 11.3 Å². The number of hydrogen-bond donors (Lipinski definition) is 0. The summed E-state index contributed by atoms with van der Waals surface area (Å²) in [6.45, 7) is 0. The highest BCUT2D eigenvalue weighted by molar-refractivity contribution is 9.09. The Morgan fingerprint density at radius 2 is 2.11 bits per heavy atom. The van der Waals surface area contributed by atoms with Gasteiger partial charge in [0.25, 0.3) is 0 Å². The predicted octanol–water partition coefficient (Wildman–Crippen LogP) is 2.73. The molecule has 0 aromatic carbocycles. The average Bonchev–Trinajstić information content (AvgIpc) is 1.53. The van der Waals surface area contributed by atoms with Gasteiger partial charge >= 0.3 is 4.83 Å². The zero-order valence-corrected chi connectivity index (χ0v) is 7.14. The molecule has 0 unspecified atom stereocenters. The van der Waals surface area contributed by atoms with Crippen molar-refractivity contribution in [2.24, 2.45) is 5.92 Å². The van der Waals surface area contributed by atoms with Crippen LogP contribution in [0.5, 0.6) is 0 Å². The summed E-state index contributed by atoms with van der Waals surface area (Å²) in [5.74, 6) is 2.05. The zero-order valence-electron chi connectivity index (χ0n) is 4.74. The Morgan fingerprint density at radius 1 is 1.56 bits per heavy atom. The topological polar surface area (TPSA) is 0 Å². The first-order valence-electron chi connectivity index (χ1n) is 2.72. The summed E-state index contributed by atoms with van der Waals surface area (Å²) in [4.78, 5) is -2.63. The fraction of sp³-hybridized carbons (Fsp3) is 1.00. The van der Waals surface area contributed by atoms with Crippen molar-refractivity contribution in [3.8, 4) is 0 Å². The largest absolute Gasteiger partial charge is 0.301 e. The molecule has 1 aliphatic heterocycles. The fourth-order valence-electron chi connectivity index (χ4n) is 0.730. The third-order valence-electron chi connectivity index (χ3n) is 1.23. The van der Waals surface area contributed by atoms with E-state index in [0.717, 1.165) is 11.5 Å². The molecule has 1 fully saturated rings. The van der Waals surface area contributed by atoms with E-state index in [2.05, 4.69) is 15.9 Å². The monoisotopic (exact) mass is 216 g/mol. The van der Waals surface area contributed by atoms with Crippen LogP contribution in [0.3, 0.4) is 0 Å². The molecule has 0 spiro atoms. The van der Waals surface area contributed by atoms with Gasteiger partial charge in [0.15, 0.2) is 0 Å². The van der Waals surface area contributed by atoms with E-state index in [9.17, 15) is 8.78 Å². The lowest BCUT2D eigenvalue weighted by Gasteiger charge is -2.26. The number of halogens is 3. The minimum Gasteiger partial charge on any atom is -0.194 e. The molecule has 9 heavy (non-hydrogen) atoms. The van der Waals surface area contributed by atoms with Crippen LogP contribution >= 0.6 is 27.7 Å². The van der Waals surface area contributed by atoms with Crippen molar-refractivity contribution in [1.29, 1.82) is 0 Å². The van der Waals surface area contributed by atoms with Crippen LogP contribution in [-0.4, -0.2) is 16.3 Å². The minimum absolute atomic E-state index is 0.000000000000000222. The Labute approximate surface area is 65.5 Å². The molecule has 1 rings (SSSR count). The van der Waals surface area contributed by atoms with E-state index in [4.69, 9.17) is 0 Å². The molecule has 54 valence electrons. The minimum atomic E-state index is -2.63. The van der Waals surface area contributed by atoms with Crippen LogP contribution in [0, 0.1) is 5.92 Å². The number of alkyl halides is 3. The fourth-order valence-corrected chi connectivity index (χ4v) is 1.99. The summed E-state index contributed by atoms with van der Waals surface area (Å²) in [5, 5.41) is 0. The van der Waals surface area contributed by atoms with E-state index < -0.39 is 4.83 Å². The molecular weight excluding hydrogens is 210 g/mol. The summed E-state index contributed by atoms with van der Waals surface area (Å²) in [6.07, 6.45) is 0.000000000000000222. The van der Waals surface area contributed by atoms with Crippen LogP contribution < -0.4 is 0 Å². The van der Waals surface area contributed by atoms with Gasteiger partial charge in [0.05, 0.1) is 0 Å². The second kappa shape index (κ2) is 2.74. The molecule has 1 aliphatic rings. The van der Waals surface area contributed by atoms with Crippen LogP contribution in [0.4, 0.5) is 8.78 Å². The summed E-state index contributed by atoms with van der Waals surface area (Å²) in [7, 11) is 0. The summed E-state index contributed by atoms with van der Waals surface area (Å²) >= 11 is 4.04. The van der Waals surface area contributed by atoms with E-state index in [1.807, 2.05) is 0 Å². The van der Waals surface area contributed by atoms with E-state index in [-0.39, 0.29) is 12.3 Å².